The van der Waals surface area contributed by atoms with Crippen molar-refractivity contribution in [3.05, 3.63) is 56.4 Å². The van der Waals surface area contributed by atoms with E-state index < -0.39 is 0 Å². The van der Waals surface area contributed by atoms with Gasteiger partial charge in [-0.3, -0.25) is 0 Å². The molecule has 24 heavy (non-hydrogen) atoms. The molecule has 0 spiro atoms. The van der Waals surface area contributed by atoms with E-state index in [1.165, 1.54) is 29.7 Å². The fraction of sp³-hybridized carbons (Fsp3) is 0.591. The Bertz CT molecular complexity index is 497. The SMILES string of the molecule is Cc1cc2c(c(C3C(C)C(C)C(C)C3C)c1)[N-]CCC2.[CH3-].[CH3-].[CH3-].[Ti+4]. The van der Waals surface area contributed by atoms with E-state index in [9.17, 15) is 0 Å². The third kappa shape index (κ3) is 4.28. The van der Waals surface area contributed by atoms with E-state index in [2.05, 4.69) is 46.8 Å². The van der Waals surface area contributed by atoms with Gasteiger partial charge >= 0.3 is 21.7 Å². The summed E-state index contributed by atoms with van der Waals surface area (Å²) >= 11 is 0. The van der Waals surface area contributed by atoms with Crippen LogP contribution in [0.2, 0.25) is 0 Å². The smallest absolute Gasteiger partial charge is 0.684 e. The Kier molecular flexibility index (Phi) is 10.8. The molecule has 4 atom stereocenters. The van der Waals surface area contributed by atoms with Gasteiger partial charge in [-0.2, -0.15) is 0 Å². The first-order valence-electron chi connectivity index (χ1n) is 8.31. The number of nitrogens with zero attached hydrogens (tertiary/aromatic N) is 1. The number of fused-ring (bicyclic) bond motifs is 1. The Hall–Kier alpha value is -0.266. The van der Waals surface area contributed by atoms with E-state index >= 15 is 0 Å². The van der Waals surface area contributed by atoms with Crippen molar-refractivity contribution in [3.63, 3.8) is 0 Å². The van der Waals surface area contributed by atoms with Gasteiger partial charge in [0.15, 0.2) is 0 Å². The molecular formula is C22H37NTi. The molecule has 2 aliphatic rings. The molecule has 1 aromatic carbocycles. The minimum absolute atomic E-state index is 0. The van der Waals surface area contributed by atoms with Crippen molar-refractivity contribution in [2.45, 2.75) is 53.4 Å². The van der Waals surface area contributed by atoms with Crippen LogP contribution in [0.3, 0.4) is 0 Å². The van der Waals surface area contributed by atoms with E-state index in [1.54, 1.807) is 5.56 Å². The molecular weight excluding hydrogens is 326 g/mol. The van der Waals surface area contributed by atoms with Crippen molar-refractivity contribution in [1.29, 1.82) is 0 Å². The number of aryl methyl sites for hydroxylation is 2. The largest absolute Gasteiger partial charge is 4.00 e. The summed E-state index contributed by atoms with van der Waals surface area (Å²) < 4.78 is 0. The summed E-state index contributed by atoms with van der Waals surface area (Å²) in [5, 5.41) is 4.90. The van der Waals surface area contributed by atoms with Crippen molar-refractivity contribution in [2.75, 3.05) is 6.54 Å². The van der Waals surface area contributed by atoms with Crippen LogP contribution in [0.25, 0.3) is 5.32 Å². The van der Waals surface area contributed by atoms with Crippen molar-refractivity contribution in [1.82, 2.24) is 0 Å². The predicted octanol–water partition coefficient (Wildman–Crippen LogP) is 6.94. The normalized spacial score (nSPS) is 30.5. The van der Waals surface area contributed by atoms with Crippen LogP contribution in [0, 0.1) is 52.9 Å². The molecule has 1 fully saturated rings. The van der Waals surface area contributed by atoms with Crippen molar-refractivity contribution in [3.8, 4) is 0 Å². The third-order valence-corrected chi connectivity index (χ3v) is 6.22. The van der Waals surface area contributed by atoms with Gasteiger partial charge in [-0.1, -0.05) is 62.9 Å². The predicted molar refractivity (Wildman–Crippen MR) is 106 cm³/mol. The van der Waals surface area contributed by atoms with Gasteiger partial charge in [0.05, 0.1) is 0 Å². The quantitative estimate of drug-likeness (QED) is 0.379. The monoisotopic (exact) mass is 363 g/mol. The molecule has 1 aromatic rings. The molecule has 2 heteroatoms. The van der Waals surface area contributed by atoms with Crippen LogP contribution < -0.4 is 0 Å². The van der Waals surface area contributed by atoms with Crippen LogP contribution in [0.4, 0.5) is 5.69 Å². The Morgan fingerprint density at radius 2 is 1.42 bits per heavy atom. The van der Waals surface area contributed by atoms with Crippen LogP contribution in [0.5, 0.6) is 0 Å². The maximum atomic E-state index is 4.90. The van der Waals surface area contributed by atoms with Gasteiger partial charge in [-0.15, -0.1) is 12.2 Å². The molecule has 0 saturated heterocycles. The molecule has 0 N–H and O–H groups in total. The van der Waals surface area contributed by atoms with E-state index in [-0.39, 0.29) is 44.0 Å². The number of benzene rings is 1. The Morgan fingerprint density at radius 3 is 1.96 bits per heavy atom. The summed E-state index contributed by atoms with van der Waals surface area (Å²) in [6.07, 6.45) is 2.44. The topological polar surface area (TPSA) is 14.1 Å². The fourth-order valence-corrected chi connectivity index (χ4v) is 4.64. The van der Waals surface area contributed by atoms with Gasteiger partial charge in [0.25, 0.3) is 0 Å². The summed E-state index contributed by atoms with van der Waals surface area (Å²) in [5.74, 6) is 3.85. The average Bonchev–Trinajstić information content (AvgIpc) is 2.62. The summed E-state index contributed by atoms with van der Waals surface area (Å²) in [6.45, 7) is 13.0. The number of rotatable bonds is 1. The van der Waals surface area contributed by atoms with E-state index in [0.29, 0.717) is 5.92 Å². The maximum Gasteiger partial charge on any atom is 4.00 e. The Balaban J connectivity index is 0. The van der Waals surface area contributed by atoms with Crippen LogP contribution in [0.15, 0.2) is 12.1 Å². The Labute approximate surface area is 167 Å². The van der Waals surface area contributed by atoms with Crippen molar-refractivity contribution in [2.24, 2.45) is 23.7 Å². The Morgan fingerprint density at radius 1 is 0.875 bits per heavy atom. The second-order valence-electron chi connectivity index (χ2n) is 7.31. The zero-order valence-corrected chi connectivity index (χ0v) is 18.7. The van der Waals surface area contributed by atoms with Gasteiger partial charge in [0.2, 0.25) is 0 Å². The fourth-order valence-electron chi connectivity index (χ4n) is 4.64. The molecule has 1 nitrogen and oxygen atoms in total. The zero-order chi connectivity index (χ0) is 14.4. The molecule has 1 aliphatic heterocycles. The van der Waals surface area contributed by atoms with Crippen LogP contribution >= 0.6 is 0 Å². The van der Waals surface area contributed by atoms with Gasteiger partial charge in [0.1, 0.15) is 0 Å². The molecule has 0 aromatic heterocycles. The standard InChI is InChI=1S/C19H28N.3CH3.Ti/c1-11-9-16-7-6-8-20-19(16)17(10-11)18-14(4)12(2)13(3)15(18)5;;;;/h9-10,12-15,18H,6-8H2,1-5H3;3*1H3;/q4*-1;+4. The number of hydrogen-bond acceptors (Lipinski definition) is 0. The van der Waals surface area contributed by atoms with E-state index in [1.807, 2.05) is 0 Å². The molecule has 4 unspecified atom stereocenters. The molecule has 134 valence electrons. The first-order valence-corrected chi connectivity index (χ1v) is 8.31. The molecule has 0 radical (unpaired) electrons. The first kappa shape index (κ1) is 26.0. The molecule has 0 bridgehead atoms. The average molecular weight is 363 g/mol. The van der Waals surface area contributed by atoms with Crippen LogP contribution in [-0.2, 0) is 28.1 Å². The summed E-state index contributed by atoms with van der Waals surface area (Å²) in [5.41, 5.74) is 5.82. The maximum absolute atomic E-state index is 4.90. The molecule has 1 heterocycles. The van der Waals surface area contributed by atoms with Gasteiger partial charge < -0.3 is 27.6 Å². The first-order chi connectivity index (χ1) is 9.50. The van der Waals surface area contributed by atoms with Gasteiger partial charge in [-0.05, 0) is 42.9 Å². The molecule has 3 rings (SSSR count). The summed E-state index contributed by atoms with van der Waals surface area (Å²) in [7, 11) is 0. The zero-order valence-electron chi connectivity index (χ0n) is 17.1. The van der Waals surface area contributed by atoms with Crippen LogP contribution in [0.1, 0.15) is 56.7 Å². The minimum atomic E-state index is 0. The van der Waals surface area contributed by atoms with Crippen molar-refractivity contribution < 1.29 is 21.7 Å². The van der Waals surface area contributed by atoms with E-state index in [4.69, 9.17) is 5.32 Å². The third-order valence-electron chi connectivity index (χ3n) is 6.22. The second kappa shape index (κ2) is 10.0. The van der Waals surface area contributed by atoms with Gasteiger partial charge in [-0.25, -0.2) is 0 Å². The summed E-state index contributed by atoms with van der Waals surface area (Å²) in [4.78, 5) is 0. The molecule has 1 aliphatic carbocycles. The van der Waals surface area contributed by atoms with Crippen LogP contribution in [-0.4, -0.2) is 6.54 Å². The van der Waals surface area contributed by atoms with E-state index in [0.717, 1.165) is 30.2 Å². The number of hydrogen-bond donors (Lipinski definition) is 0. The van der Waals surface area contributed by atoms with Crippen molar-refractivity contribution >= 4 is 5.69 Å². The summed E-state index contributed by atoms with van der Waals surface area (Å²) in [6, 6.07) is 4.79. The minimum Gasteiger partial charge on any atom is -0.684 e. The molecule has 1 saturated carbocycles. The molecule has 0 amide bonds. The second-order valence-corrected chi connectivity index (χ2v) is 7.31. The van der Waals surface area contributed by atoms with Gasteiger partial charge in [0, 0.05) is 0 Å².